The minimum Gasteiger partial charge on any atom is -0.282 e. The van der Waals surface area contributed by atoms with E-state index in [-0.39, 0.29) is 15.6 Å². The molecule has 2 aromatic rings. The molecule has 1 aromatic carbocycles. The molecule has 1 heterocycles. The zero-order valence-electron chi connectivity index (χ0n) is 10.3. The van der Waals surface area contributed by atoms with Crippen molar-refractivity contribution in [2.75, 3.05) is 0 Å². The summed E-state index contributed by atoms with van der Waals surface area (Å²) in [6.45, 7) is 5.40. The largest absolute Gasteiger partial charge is 0.416 e. The maximum Gasteiger partial charge on any atom is 0.416 e. The number of benzene rings is 1. The van der Waals surface area contributed by atoms with E-state index in [1.807, 2.05) is 0 Å². The van der Waals surface area contributed by atoms with Crippen LogP contribution in [0, 0.1) is 6.92 Å². The zero-order valence-corrected chi connectivity index (χ0v) is 11.8. The van der Waals surface area contributed by atoms with E-state index in [0.717, 1.165) is 17.8 Å². The zero-order chi connectivity index (χ0) is 15.1. The Bertz CT molecular complexity index is 652. The maximum atomic E-state index is 12.7. The molecule has 0 saturated carbocycles. The Labute approximate surface area is 123 Å². The Hall–Kier alpha value is -1.46. The Kier molecular flexibility index (Phi) is 3.84. The fourth-order valence-corrected chi connectivity index (χ4v) is 2.51. The van der Waals surface area contributed by atoms with Gasteiger partial charge in [0, 0.05) is 16.8 Å². The number of rotatable bonds is 2. The number of alkyl halides is 3. The molecule has 1 N–H and O–H groups in total. The molecule has 0 amide bonds. The van der Waals surface area contributed by atoms with Gasteiger partial charge in [-0.05, 0) is 19.1 Å². The van der Waals surface area contributed by atoms with Crippen molar-refractivity contribution in [3.63, 3.8) is 0 Å². The number of hydrogen-bond donors (Lipinski definition) is 1. The van der Waals surface area contributed by atoms with E-state index in [2.05, 4.69) is 16.8 Å². The summed E-state index contributed by atoms with van der Waals surface area (Å²) in [6, 6.07) is 1.67. The third-order valence-corrected chi connectivity index (χ3v) is 3.40. The Morgan fingerprint density at radius 2 is 1.80 bits per heavy atom. The lowest BCUT2D eigenvalue weighted by molar-refractivity contribution is -0.137. The molecule has 0 unspecified atom stereocenters. The molecule has 0 aliphatic rings. The van der Waals surface area contributed by atoms with E-state index >= 15 is 0 Å². The van der Waals surface area contributed by atoms with Gasteiger partial charge in [-0.2, -0.15) is 18.3 Å². The van der Waals surface area contributed by atoms with Crippen LogP contribution in [0.5, 0.6) is 0 Å². The Morgan fingerprint density at radius 1 is 1.25 bits per heavy atom. The fourth-order valence-electron chi connectivity index (χ4n) is 1.84. The fraction of sp³-hybridized carbons (Fsp3) is 0.154. The van der Waals surface area contributed by atoms with E-state index in [9.17, 15) is 13.2 Å². The second-order valence-electron chi connectivity index (χ2n) is 4.13. The van der Waals surface area contributed by atoms with Crippen LogP contribution >= 0.6 is 23.2 Å². The van der Waals surface area contributed by atoms with Crippen LogP contribution in [-0.2, 0) is 6.18 Å². The van der Waals surface area contributed by atoms with Gasteiger partial charge >= 0.3 is 6.18 Å². The maximum absolute atomic E-state index is 12.7. The first-order valence-electron chi connectivity index (χ1n) is 5.49. The van der Waals surface area contributed by atoms with Gasteiger partial charge in [0.1, 0.15) is 5.69 Å². The summed E-state index contributed by atoms with van der Waals surface area (Å²) in [5.41, 5.74) is 1.10. The molecule has 0 radical (unpaired) electrons. The lowest BCUT2D eigenvalue weighted by atomic mass is 10.0. The highest BCUT2D eigenvalue weighted by atomic mass is 35.5. The first kappa shape index (κ1) is 14.9. The highest BCUT2D eigenvalue weighted by Crippen LogP contribution is 2.41. The topological polar surface area (TPSA) is 28.7 Å². The quantitative estimate of drug-likeness (QED) is 0.793. The van der Waals surface area contributed by atoms with Gasteiger partial charge in [0.25, 0.3) is 0 Å². The van der Waals surface area contributed by atoms with E-state index in [0.29, 0.717) is 11.3 Å². The minimum absolute atomic E-state index is 0.112. The lowest BCUT2D eigenvalue weighted by Crippen LogP contribution is -2.05. The van der Waals surface area contributed by atoms with Gasteiger partial charge in [-0.3, -0.25) is 5.10 Å². The van der Waals surface area contributed by atoms with E-state index in [4.69, 9.17) is 23.2 Å². The molecule has 0 atom stereocenters. The van der Waals surface area contributed by atoms with Crippen LogP contribution in [0.1, 0.15) is 16.8 Å². The molecule has 0 aliphatic heterocycles. The van der Waals surface area contributed by atoms with E-state index < -0.39 is 11.7 Å². The first-order chi connectivity index (χ1) is 9.25. The number of hydrogen-bond acceptors (Lipinski definition) is 1. The van der Waals surface area contributed by atoms with Crippen LogP contribution in [0.25, 0.3) is 17.3 Å². The molecule has 2 nitrogen and oxygen atoms in total. The number of nitrogens with one attached hydrogen (secondary N) is 1. The van der Waals surface area contributed by atoms with Crippen LogP contribution in [0.2, 0.25) is 10.0 Å². The molecule has 0 fully saturated rings. The summed E-state index contributed by atoms with van der Waals surface area (Å²) < 4.78 is 38.0. The molecule has 7 heteroatoms. The number of H-pyrrole nitrogens is 1. The van der Waals surface area contributed by atoms with Gasteiger partial charge < -0.3 is 0 Å². The predicted octanol–water partition coefficient (Wildman–Crippen LogP) is 5.35. The number of halogens is 5. The smallest absolute Gasteiger partial charge is 0.282 e. The molecule has 2 rings (SSSR count). The van der Waals surface area contributed by atoms with Gasteiger partial charge in [-0.1, -0.05) is 35.9 Å². The summed E-state index contributed by atoms with van der Waals surface area (Å²) in [7, 11) is 0. The van der Waals surface area contributed by atoms with Crippen LogP contribution in [0.3, 0.4) is 0 Å². The van der Waals surface area contributed by atoms with Crippen molar-refractivity contribution < 1.29 is 13.2 Å². The van der Waals surface area contributed by atoms with Gasteiger partial charge in [0.05, 0.1) is 15.6 Å². The molecule has 0 aliphatic carbocycles. The molecular formula is C13H9Cl2F3N2. The van der Waals surface area contributed by atoms with Crippen LogP contribution in [0.15, 0.2) is 18.7 Å². The van der Waals surface area contributed by atoms with Crippen molar-refractivity contribution >= 4 is 29.3 Å². The van der Waals surface area contributed by atoms with Crippen molar-refractivity contribution in [1.82, 2.24) is 10.2 Å². The van der Waals surface area contributed by atoms with Crippen molar-refractivity contribution in [1.29, 1.82) is 0 Å². The van der Waals surface area contributed by atoms with Crippen molar-refractivity contribution in [3.05, 3.63) is 45.6 Å². The second-order valence-corrected chi connectivity index (χ2v) is 4.94. The number of aryl methyl sites for hydroxylation is 1. The highest BCUT2D eigenvalue weighted by molar-refractivity contribution is 6.39. The lowest BCUT2D eigenvalue weighted by Gasteiger charge is -2.11. The normalized spacial score (nSPS) is 11.7. The summed E-state index contributed by atoms with van der Waals surface area (Å²) in [5.74, 6) is 0. The average molecular weight is 321 g/mol. The van der Waals surface area contributed by atoms with Gasteiger partial charge in [0.15, 0.2) is 0 Å². The Morgan fingerprint density at radius 3 is 2.25 bits per heavy atom. The van der Waals surface area contributed by atoms with Gasteiger partial charge in [0.2, 0.25) is 0 Å². The summed E-state index contributed by atoms with van der Waals surface area (Å²) in [6.07, 6.45) is -2.97. The second kappa shape index (κ2) is 5.14. The molecule has 1 aromatic heterocycles. The summed E-state index contributed by atoms with van der Waals surface area (Å²) in [5, 5.41) is 6.53. The Balaban J connectivity index is 2.67. The standard InChI is InChI=1S/C13H9Cl2F3N2/c1-3-8-6(2)19-20-12(8)11-9(14)4-7(5-10(11)15)13(16,17)18/h3-5H,1H2,2H3,(H,19,20). The van der Waals surface area contributed by atoms with Crippen LogP contribution < -0.4 is 0 Å². The molecule has 106 valence electrons. The van der Waals surface area contributed by atoms with Gasteiger partial charge in [-0.15, -0.1) is 0 Å². The van der Waals surface area contributed by atoms with Crippen LogP contribution in [-0.4, -0.2) is 10.2 Å². The van der Waals surface area contributed by atoms with Crippen molar-refractivity contribution in [3.8, 4) is 11.3 Å². The SMILES string of the molecule is C=Cc1c(-c2c(Cl)cc(C(F)(F)F)cc2Cl)n[nH]c1C. The number of aromatic nitrogens is 2. The summed E-state index contributed by atoms with van der Waals surface area (Å²) in [4.78, 5) is 0. The third-order valence-electron chi connectivity index (χ3n) is 2.80. The number of aromatic amines is 1. The average Bonchev–Trinajstić information content (AvgIpc) is 2.68. The monoisotopic (exact) mass is 320 g/mol. The predicted molar refractivity (Wildman–Crippen MR) is 73.9 cm³/mol. The van der Waals surface area contributed by atoms with Crippen LogP contribution in [0.4, 0.5) is 13.2 Å². The highest BCUT2D eigenvalue weighted by Gasteiger charge is 2.32. The van der Waals surface area contributed by atoms with Gasteiger partial charge in [-0.25, -0.2) is 0 Å². The molecule has 0 spiro atoms. The summed E-state index contributed by atoms with van der Waals surface area (Å²) >= 11 is 11.9. The van der Waals surface area contributed by atoms with Crippen molar-refractivity contribution in [2.24, 2.45) is 0 Å². The molecule has 0 saturated heterocycles. The molecule has 0 bridgehead atoms. The van der Waals surface area contributed by atoms with Crippen molar-refractivity contribution in [2.45, 2.75) is 13.1 Å². The molecule has 20 heavy (non-hydrogen) atoms. The molecular weight excluding hydrogens is 312 g/mol. The first-order valence-corrected chi connectivity index (χ1v) is 6.25. The minimum atomic E-state index is -4.51. The van der Waals surface area contributed by atoms with E-state index in [1.54, 1.807) is 13.0 Å². The third kappa shape index (κ3) is 2.55. The van der Waals surface area contributed by atoms with E-state index in [1.165, 1.54) is 0 Å². The number of nitrogens with zero attached hydrogens (tertiary/aromatic N) is 1.